The molecule has 1 aliphatic rings. The number of hydrogen-bond donors (Lipinski definition) is 0. The summed E-state index contributed by atoms with van der Waals surface area (Å²) in [5.74, 6) is 1.16. The van der Waals surface area contributed by atoms with Gasteiger partial charge in [0.1, 0.15) is 5.82 Å². The smallest absolute Gasteiger partial charge is 0.131 e. The van der Waals surface area contributed by atoms with Gasteiger partial charge in [0.05, 0.1) is 0 Å². The molecule has 0 aliphatic carbocycles. The summed E-state index contributed by atoms with van der Waals surface area (Å²) in [4.78, 5) is 9.40. The van der Waals surface area contributed by atoms with Gasteiger partial charge in [-0.1, -0.05) is 22.0 Å². The summed E-state index contributed by atoms with van der Waals surface area (Å²) in [6.07, 6.45) is 4.53. The van der Waals surface area contributed by atoms with Crippen molar-refractivity contribution in [3.8, 4) is 0 Å². The molecule has 0 amide bonds. The minimum Gasteiger partial charge on any atom is -0.355 e. The summed E-state index contributed by atoms with van der Waals surface area (Å²) < 4.78 is 0. The molecule has 1 saturated heterocycles. The van der Waals surface area contributed by atoms with Crippen LogP contribution in [0.25, 0.3) is 0 Å². The van der Waals surface area contributed by atoms with Crippen LogP contribution < -0.4 is 4.90 Å². The molecule has 0 aromatic carbocycles. The highest BCUT2D eigenvalue weighted by Crippen LogP contribution is 2.24. The van der Waals surface area contributed by atoms with E-state index in [0.717, 1.165) is 24.2 Å². The second-order valence-corrected chi connectivity index (χ2v) is 5.88. The molecule has 1 unspecified atom stereocenters. The molecule has 0 N–H and O–H groups in total. The van der Waals surface area contributed by atoms with Crippen LogP contribution in [0, 0.1) is 6.92 Å². The van der Waals surface area contributed by atoms with E-state index < -0.39 is 0 Å². The molecule has 2 rings (SSSR count). The molecule has 0 spiro atoms. The lowest BCUT2D eigenvalue weighted by Gasteiger charge is -2.37. The molecule has 4 heteroatoms. The minimum absolute atomic E-state index is 0.649. The summed E-state index contributed by atoms with van der Waals surface area (Å²) in [6, 6.07) is 2.88. The number of alkyl halides is 1. The van der Waals surface area contributed by atoms with Crippen LogP contribution in [0.5, 0.6) is 0 Å². The van der Waals surface area contributed by atoms with Crippen LogP contribution in [-0.4, -0.2) is 43.1 Å². The SMILES string of the molecule is Cc1cc(CBr)cnc1N1CCCC(N(C)C)C1. The van der Waals surface area contributed by atoms with Crippen molar-refractivity contribution in [3.05, 3.63) is 23.4 Å². The van der Waals surface area contributed by atoms with Crippen molar-refractivity contribution in [1.82, 2.24) is 9.88 Å². The van der Waals surface area contributed by atoms with Crippen molar-refractivity contribution in [3.63, 3.8) is 0 Å². The number of likely N-dealkylation sites (N-methyl/N-ethyl adjacent to an activating group) is 1. The van der Waals surface area contributed by atoms with E-state index >= 15 is 0 Å². The van der Waals surface area contributed by atoms with Gasteiger partial charge in [0.25, 0.3) is 0 Å². The normalized spacial score (nSPS) is 20.5. The van der Waals surface area contributed by atoms with E-state index in [-0.39, 0.29) is 0 Å². The third kappa shape index (κ3) is 3.04. The highest BCUT2D eigenvalue weighted by molar-refractivity contribution is 9.08. The molecule has 100 valence electrons. The largest absolute Gasteiger partial charge is 0.355 e. The van der Waals surface area contributed by atoms with Crippen LogP contribution in [0.1, 0.15) is 24.0 Å². The molecular weight excluding hydrogens is 290 g/mol. The van der Waals surface area contributed by atoms with Crippen molar-refractivity contribution >= 4 is 21.7 Å². The van der Waals surface area contributed by atoms with Crippen molar-refractivity contribution in [2.45, 2.75) is 31.1 Å². The van der Waals surface area contributed by atoms with E-state index in [9.17, 15) is 0 Å². The molecule has 0 radical (unpaired) electrons. The fraction of sp³-hybridized carbons (Fsp3) is 0.643. The van der Waals surface area contributed by atoms with Crippen LogP contribution in [0.4, 0.5) is 5.82 Å². The lowest BCUT2D eigenvalue weighted by atomic mass is 10.0. The molecule has 1 fully saturated rings. The highest BCUT2D eigenvalue weighted by Gasteiger charge is 2.23. The molecule has 1 aromatic heterocycles. The van der Waals surface area contributed by atoms with Gasteiger partial charge in [-0.05, 0) is 45.0 Å². The van der Waals surface area contributed by atoms with Gasteiger partial charge < -0.3 is 9.80 Å². The Morgan fingerprint density at radius 1 is 1.50 bits per heavy atom. The quantitative estimate of drug-likeness (QED) is 0.800. The molecule has 1 aliphatic heterocycles. The molecular formula is C14H22BrN3. The Labute approximate surface area is 118 Å². The number of aryl methyl sites for hydroxylation is 1. The number of nitrogens with zero attached hydrogens (tertiary/aromatic N) is 3. The first-order valence-electron chi connectivity index (χ1n) is 6.54. The van der Waals surface area contributed by atoms with Gasteiger partial charge >= 0.3 is 0 Å². The average Bonchev–Trinajstić information content (AvgIpc) is 2.38. The Balaban J connectivity index is 2.15. The monoisotopic (exact) mass is 311 g/mol. The zero-order valence-corrected chi connectivity index (χ0v) is 13.1. The number of halogens is 1. The van der Waals surface area contributed by atoms with Crippen molar-refractivity contribution in [2.75, 3.05) is 32.1 Å². The number of pyridine rings is 1. The lowest BCUT2D eigenvalue weighted by molar-refractivity contribution is 0.257. The van der Waals surface area contributed by atoms with Crippen molar-refractivity contribution in [1.29, 1.82) is 0 Å². The first-order valence-corrected chi connectivity index (χ1v) is 7.67. The molecule has 3 nitrogen and oxygen atoms in total. The van der Waals surface area contributed by atoms with E-state index in [1.807, 2.05) is 6.20 Å². The van der Waals surface area contributed by atoms with E-state index in [1.54, 1.807) is 0 Å². The van der Waals surface area contributed by atoms with E-state index in [0.29, 0.717) is 6.04 Å². The first kappa shape index (κ1) is 13.8. The predicted molar refractivity (Wildman–Crippen MR) is 80.5 cm³/mol. The van der Waals surface area contributed by atoms with Crippen LogP contribution in [0.3, 0.4) is 0 Å². The van der Waals surface area contributed by atoms with Crippen LogP contribution in [0.2, 0.25) is 0 Å². The fourth-order valence-electron chi connectivity index (χ4n) is 2.60. The molecule has 2 heterocycles. The second-order valence-electron chi connectivity index (χ2n) is 5.32. The zero-order valence-electron chi connectivity index (χ0n) is 11.5. The minimum atomic E-state index is 0.649. The summed E-state index contributed by atoms with van der Waals surface area (Å²) in [6.45, 7) is 4.38. The number of piperidine rings is 1. The van der Waals surface area contributed by atoms with Gasteiger partial charge in [0.2, 0.25) is 0 Å². The second kappa shape index (κ2) is 6.02. The van der Waals surface area contributed by atoms with Crippen LogP contribution in [-0.2, 0) is 5.33 Å². The van der Waals surface area contributed by atoms with Gasteiger partial charge in [0.15, 0.2) is 0 Å². The Kier molecular flexibility index (Phi) is 4.62. The fourth-order valence-corrected chi connectivity index (χ4v) is 2.91. The number of aromatic nitrogens is 1. The lowest BCUT2D eigenvalue weighted by Crippen LogP contribution is -2.45. The summed E-state index contributed by atoms with van der Waals surface area (Å²) >= 11 is 3.48. The third-order valence-corrected chi connectivity index (χ3v) is 4.34. The van der Waals surface area contributed by atoms with E-state index in [4.69, 9.17) is 0 Å². The molecule has 0 bridgehead atoms. The van der Waals surface area contributed by atoms with Gasteiger partial charge in [-0.25, -0.2) is 4.98 Å². The number of rotatable bonds is 3. The Morgan fingerprint density at radius 2 is 2.28 bits per heavy atom. The number of hydrogen-bond acceptors (Lipinski definition) is 3. The van der Waals surface area contributed by atoms with Gasteiger partial charge in [-0.15, -0.1) is 0 Å². The standard InChI is InChI=1S/C14H22BrN3/c1-11-7-12(8-15)9-16-14(11)18-6-4-5-13(10-18)17(2)3/h7,9,13H,4-6,8,10H2,1-3H3. The van der Waals surface area contributed by atoms with E-state index in [1.165, 1.54) is 24.0 Å². The summed E-state index contributed by atoms with van der Waals surface area (Å²) in [5, 5.41) is 0.876. The maximum atomic E-state index is 4.64. The Morgan fingerprint density at radius 3 is 2.89 bits per heavy atom. The van der Waals surface area contributed by atoms with Gasteiger partial charge in [-0.3, -0.25) is 0 Å². The van der Waals surface area contributed by atoms with E-state index in [2.05, 4.69) is 57.8 Å². The predicted octanol–water partition coefficient (Wildman–Crippen LogP) is 2.82. The number of anilines is 1. The van der Waals surface area contributed by atoms with Crippen molar-refractivity contribution in [2.24, 2.45) is 0 Å². The van der Waals surface area contributed by atoms with Gasteiger partial charge in [0, 0.05) is 30.7 Å². The molecule has 1 atom stereocenters. The maximum Gasteiger partial charge on any atom is 0.131 e. The van der Waals surface area contributed by atoms with Crippen molar-refractivity contribution < 1.29 is 0 Å². The molecule has 18 heavy (non-hydrogen) atoms. The van der Waals surface area contributed by atoms with Crippen LogP contribution >= 0.6 is 15.9 Å². The summed E-state index contributed by atoms with van der Waals surface area (Å²) in [5.41, 5.74) is 2.53. The van der Waals surface area contributed by atoms with Crippen LogP contribution in [0.15, 0.2) is 12.3 Å². The highest BCUT2D eigenvalue weighted by atomic mass is 79.9. The maximum absolute atomic E-state index is 4.64. The topological polar surface area (TPSA) is 19.4 Å². The average molecular weight is 312 g/mol. The van der Waals surface area contributed by atoms with Gasteiger partial charge in [-0.2, -0.15) is 0 Å². The first-order chi connectivity index (χ1) is 8.61. The molecule has 1 aromatic rings. The zero-order chi connectivity index (χ0) is 13.1. The third-order valence-electron chi connectivity index (χ3n) is 3.69. The Hall–Kier alpha value is -0.610. The molecule has 0 saturated carbocycles. The summed E-state index contributed by atoms with van der Waals surface area (Å²) in [7, 11) is 4.34. The Bertz CT molecular complexity index is 406.